The van der Waals surface area contributed by atoms with E-state index in [0.29, 0.717) is 51.4 Å². The fourth-order valence-electron chi connectivity index (χ4n) is 10.8. The molecule has 0 aromatic heterocycles. The second kappa shape index (κ2) is 19.0. The van der Waals surface area contributed by atoms with E-state index in [0.717, 1.165) is 5.57 Å². The van der Waals surface area contributed by atoms with Crippen LogP contribution in [0.15, 0.2) is 24.3 Å². The van der Waals surface area contributed by atoms with E-state index in [1.165, 1.54) is 26.2 Å². The molecule has 16 atom stereocenters. The van der Waals surface area contributed by atoms with Gasteiger partial charge >= 0.3 is 5.97 Å². The zero-order chi connectivity index (χ0) is 41.1. The lowest BCUT2D eigenvalue weighted by molar-refractivity contribution is -0.302. The van der Waals surface area contributed by atoms with E-state index in [-0.39, 0.29) is 49.3 Å². The lowest BCUT2D eigenvalue weighted by Crippen LogP contribution is -2.64. The number of aliphatic hydroxyl groups is 3. The standard InChI is InChI=1S/C43H67NO12/c1-9-12-27-18-23(2)17-24(3)19-33(52-6)39-34(53-7)21-26(5)43(51,56-39)40(48)41(49)44-16-11-10-13-29(44)42(50)55-37-25(4)20-28-14-15-30(45)38(54-8)35(28)36(37)32(47)22-31(27)46/h9,18,24-30,32-39,45,47,51H,1,10-17,19-22H2,2-8H3/b23-18+/t24-,25?,26+,27+,28?,29-,30+,32-,33-,34-,35?,36-,37+,38-,39+,43+/m0/s1. The van der Waals surface area contributed by atoms with Crippen LogP contribution in [0.5, 0.6) is 0 Å². The van der Waals surface area contributed by atoms with Crippen molar-refractivity contribution >= 4 is 23.4 Å². The maximum absolute atomic E-state index is 14.4. The molecule has 13 nitrogen and oxygen atoms in total. The van der Waals surface area contributed by atoms with E-state index in [2.05, 4.69) is 6.58 Å². The molecule has 5 rings (SSSR count). The van der Waals surface area contributed by atoms with E-state index in [4.69, 9.17) is 23.7 Å². The quantitative estimate of drug-likeness (QED) is 0.208. The summed E-state index contributed by atoms with van der Waals surface area (Å²) >= 11 is 0. The largest absolute Gasteiger partial charge is 0.460 e. The fraction of sp³-hybridized carbons (Fsp3) is 0.814. The van der Waals surface area contributed by atoms with Gasteiger partial charge in [-0.15, -0.1) is 6.58 Å². The van der Waals surface area contributed by atoms with Crippen LogP contribution >= 0.6 is 0 Å². The molecule has 0 aromatic rings. The maximum Gasteiger partial charge on any atom is 0.329 e. The molecule has 56 heavy (non-hydrogen) atoms. The van der Waals surface area contributed by atoms with Crippen molar-refractivity contribution in [2.45, 2.75) is 153 Å². The van der Waals surface area contributed by atoms with Crippen molar-refractivity contribution in [2.75, 3.05) is 27.9 Å². The number of amides is 1. The number of methoxy groups -OCH3 is 3. The predicted octanol–water partition coefficient (Wildman–Crippen LogP) is 3.94. The number of rotatable bonds is 5. The summed E-state index contributed by atoms with van der Waals surface area (Å²) in [7, 11) is 4.58. The van der Waals surface area contributed by atoms with Gasteiger partial charge in [-0.3, -0.25) is 14.4 Å². The van der Waals surface area contributed by atoms with Gasteiger partial charge in [0.1, 0.15) is 24.0 Å². The number of carbonyl (C=O) groups is 4. The van der Waals surface area contributed by atoms with Crippen molar-refractivity contribution in [2.24, 2.45) is 41.4 Å². The van der Waals surface area contributed by atoms with E-state index in [1.54, 1.807) is 13.0 Å². The molecule has 0 radical (unpaired) electrons. The number of fused-ring (bicyclic) bond motifs is 6. The number of ether oxygens (including phenoxy) is 5. The highest BCUT2D eigenvalue weighted by molar-refractivity contribution is 6.39. The number of Topliss-reactive ketones (excluding diaryl/α,β-unsaturated/α-hetero) is 2. The van der Waals surface area contributed by atoms with Crippen LogP contribution in [0.2, 0.25) is 0 Å². The lowest BCUT2D eigenvalue weighted by Gasteiger charge is -2.53. The van der Waals surface area contributed by atoms with Gasteiger partial charge in [0.15, 0.2) is 0 Å². The van der Waals surface area contributed by atoms with E-state index in [9.17, 15) is 34.5 Å². The van der Waals surface area contributed by atoms with Crippen LogP contribution in [0.1, 0.15) is 98.3 Å². The van der Waals surface area contributed by atoms with Gasteiger partial charge in [0, 0.05) is 52.0 Å². The Morgan fingerprint density at radius 2 is 1.59 bits per heavy atom. The summed E-state index contributed by atoms with van der Waals surface area (Å²) in [6.45, 7) is 11.6. The first-order valence-corrected chi connectivity index (χ1v) is 20.8. The van der Waals surface area contributed by atoms with Crippen molar-refractivity contribution in [3.05, 3.63) is 24.3 Å². The summed E-state index contributed by atoms with van der Waals surface area (Å²) in [4.78, 5) is 58.2. The molecule has 2 saturated carbocycles. The van der Waals surface area contributed by atoms with E-state index < -0.39 is 95.9 Å². The number of hydrogen-bond acceptors (Lipinski definition) is 12. The van der Waals surface area contributed by atoms with Crippen LogP contribution < -0.4 is 0 Å². The molecule has 316 valence electrons. The Morgan fingerprint density at radius 1 is 0.893 bits per heavy atom. The fourth-order valence-corrected chi connectivity index (χ4v) is 10.8. The minimum atomic E-state index is -2.51. The number of piperidine rings is 1. The number of nitrogens with zero attached hydrogens (tertiary/aromatic N) is 1. The van der Waals surface area contributed by atoms with Gasteiger partial charge < -0.3 is 43.9 Å². The Balaban J connectivity index is 1.58. The molecule has 4 fully saturated rings. The Hall–Kier alpha value is -2.52. The number of ketones is 2. The highest BCUT2D eigenvalue weighted by Crippen LogP contribution is 2.50. The average Bonchev–Trinajstić information content (AvgIpc) is 3.17. The molecule has 3 unspecified atom stereocenters. The molecule has 2 saturated heterocycles. The summed E-state index contributed by atoms with van der Waals surface area (Å²) in [5.41, 5.74) is 0.955. The van der Waals surface area contributed by atoms with Gasteiger partial charge in [0.2, 0.25) is 5.79 Å². The van der Waals surface area contributed by atoms with Gasteiger partial charge in [-0.1, -0.05) is 38.5 Å². The minimum absolute atomic E-state index is 0.00339. The third kappa shape index (κ3) is 9.19. The third-order valence-electron chi connectivity index (χ3n) is 13.7. The van der Waals surface area contributed by atoms with Gasteiger partial charge in [-0.05, 0) is 94.8 Å². The first-order valence-electron chi connectivity index (χ1n) is 20.8. The van der Waals surface area contributed by atoms with Crippen molar-refractivity contribution < 1.29 is 58.2 Å². The van der Waals surface area contributed by atoms with Gasteiger partial charge in [-0.25, -0.2) is 4.79 Å². The molecular formula is C43H67NO12. The molecular weight excluding hydrogens is 722 g/mol. The highest BCUT2D eigenvalue weighted by Gasteiger charge is 2.58. The van der Waals surface area contributed by atoms with Crippen molar-refractivity contribution in [3.8, 4) is 0 Å². The molecule has 3 aliphatic heterocycles. The number of esters is 1. The van der Waals surface area contributed by atoms with Crippen LogP contribution in [0.25, 0.3) is 0 Å². The Labute approximate surface area is 332 Å². The smallest absolute Gasteiger partial charge is 0.329 e. The zero-order valence-corrected chi connectivity index (χ0v) is 34.5. The molecule has 1 amide bonds. The first kappa shape index (κ1) is 44.6. The second-order valence-corrected chi connectivity index (χ2v) is 17.6. The van der Waals surface area contributed by atoms with Gasteiger partial charge in [-0.2, -0.15) is 0 Å². The van der Waals surface area contributed by atoms with E-state index >= 15 is 0 Å². The average molecular weight is 790 g/mol. The summed E-state index contributed by atoms with van der Waals surface area (Å²) in [6, 6.07) is -1.13. The lowest BCUT2D eigenvalue weighted by atomic mass is 9.58. The van der Waals surface area contributed by atoms with E-state index in [1.807, 2.05) is 26.8 Å². The summed E-state index contributed by atoms with van der Waals surface area (Å²) in [6.07, 6.45) is 2.65. The molecule has 0 aromatic carbocycles. The minimum Gasteiger partial charge on any atom is -0.460 e. The summed E-state index contributed by atoms with van der Waals surface area (Å²) < 4.78 is 30.2. The number of aliphatic hydroxyl groups excluding tert-OH is 2. The Kier molecular flexibility index (Phi) is 15.2. The topological polar surface area (TPSA) is 178 Å². The number of allylic oxidation sites excluding steroid dienone is 3. The third-order valence-corrected chi connectivity index (χ3v) is 13.7. The molecule has 2 aliphatic carbocycles. The molecule has 3 heterocycles. The molecule has 13 heteroatoms. The predicted molar refractivity (Wildman–Crippen MR) is 206 cm³/mol. The normalized spacial score (nSPS) is 44.6. The Morgan fingerprint density at radius 3 is 2.25 bits per heavy atom. The molecule has 0 spiro atoms. The molecule has 5 aliphatic rings. The van der Waals surface area contributed by atoms with Gasteiger partial charge in [0.05, 0.1) is 30.5 Å². The van der Waals surface area contributed by atoms with Gasteiger partial charge in [0.25, 0.3) is 11.7 Å². The first-order chi connectivity index (χ1) is 26.6. The van der Waals surface area contributed by atoms with Crippen LogP contribution in [0, 0.1) is 41.4 Å². The summed E-state index contributed by atoms with van der Waals surface area (Å²) in [5.74, 6) is -8.34. The highest BCUT2D eigenvalue weighted by atomic mass is 16.7. The second-order valence-electron chi connectivity index (χ2n) is 17.6. The molecule has 3 N–H and O–H groups in total. The summed E-state index contributed by atoms with van der Waals surface area (Å²) in [5, 5.41) is 35.3. The number of hydrogen-bond donors (Lipinski definition) is 3. The van der Waals surface area contributed by atoms with Crippen LogP contribution in [-0.4, -0.2) is 126 Å². The van der Waals surface area contributed by atoms with Crippen LogP contribution in [0.4, 0.5) is 0 Å². The van der Waals surface area contributed by atoms with Crippen molar-refractivity contribution in [3.63, 3.8) is 0 Å². The SMILES string of the molecule is C=CC[C@@H]1/C=C(\C)C[C@H](C)C[C@H](OC)[C@H]2O[C@@](O)(C(=O)C(=O)N3CCCC[C@H]3C(=O)O[C@@H]3C(C)CC4CC[C@@H](O)[C@H](OC)C4[C@@H]3[C@@H](O)CC1=O)[C@H](C)C[C@@H]2OC. The monoisotopic (exact) mass is 789 g/mol. The number of carbonyl (C=O) groups excluding carboxylic acids is 4. The van der Waals surface area contributed by atoms with Crippen LogP contribution in [-0.2, 0) is 42.9 Å². The Bertz CT molecular complexity index is 1450. The maximum atomic E-state index is 14.4. The van der Waals surface area contributed by atoms with Crippen molar-refractivity contribution in [1.29, 1.82) is 0 Å². The van der Waals surface area contributed by atoms with Crippen molar-refractivity contribution in [1.82, 2.24) is 4.90 Å². The zero-order valence-electron chi connectivity index (χ0n) is 34.5. The molecule has 2 bridgehead atoms. The van der Waals surface area contributed by atoms with Crippen LogP contribution in [0.3, 0.4) is 0 Å².